The van der Waals surface area contributed by atoms with Crippen molar-refractivity contribution in [3.8, 4) is 0 Å². The van der Waals surface area contributed by atoms with Gasteiger partial charge in [-0.15, -0.1) is 11.8 Å². The Labute approximate surface area is 77.1 Å². The Morgan fingerprint density at radius 3 is 3.08 bits per heavy atom. The predicted molar refractivity (Wildman–Crippen MR) is 51.2 cm³/mol. The molecule has 1 atom stereocenters. The molecule has 1 aromatic rings. The van der Waals surface area contributed by atoms with E-state index in [-0.39, 0.29) is 5.44 Å². The minimum atomic E-state index is 0.286. The molecule has 1 rings (SSSR count). The van der Waals surface area contributed by atoms with Crippen molar-refractivity contribution in [1.82, 2.24) is 9.55 Å². The van der Waals surface area contributed by atoms with Gasteiger partial charge < -0.3 is 9.30 Å². The molecule has 0 aromatic carbocycles. The van der Waals surface area contributed by atoms with Gasteiger partial charge in [-0.2, -0.15) is 0 Å². The number of imidazole rings is 1. The highest BCUT2D eigenvalue weighted by molar-refractivity contribution is 7.99. The highest BCUT2D eigenvalue weighted by Crippen LogP contribution is 2.05. The van der Waals surface area contributed by atoms with E-state index in [1.165, 1.54) is 0 Å². The lowest BCUT2D eigenvalue weighted by molar-refractivity contribution is 0.116. The van der Waals surface area contributed by atoms with Gasteiger partial charge in [-0.05, 0) is 13.2 Å². The van der Waals surface area contributed by atoms with Crippen molar-refractivity contribution in [3.05, 3.63) is 18.7 Å². The number of thioether (sulfide) groups is 1. The van der Waals surface area contributed by atoms with Crippen molar-refractivity contribution >= 4 is 11.8 Å². The number of hydrogen-bond acceptors (Lipinski definition) is 3. The second-order valence-electron chi connectivity index (χ2n) is 2.47. The topological polar surface area (TPSA) is 27.1 Å². The van der Waals surface area contributed by atoms with Crippen LogP contribution in [0.4, 0.5) is 0 Å². The molecule has 0 aliphatic heterocycles. The molecule has 3 nitrogen and oxygen atoms in total. The first kappa shape index (κ1) is 9.61. The Morgan fingerprint density at radius 2 is 2.50 bits per heavy atom. The van der Waals surface area contributed by atoms with E-state index in [4.69, 9.17) is 4.74 Å². The van der Waals surface area contributed by atoms with E-state index in [1.54, 1.807) is 24.3 Å². The van der Waals surface area contributed by atoms with Crippen LogP contribution in [0.1, 0.15) is 6.92 Å². The van der Waals surface area contributed by atoms with Crippen molar-refractivity contribution in [2.24, 2.45) is 0 Å². The summed E-state index contributed by atoms with van der Waals surface area (Å²) in [6, 6.07) is 0. The number of ether oxygens (including phenoxy) is 1. The maximum atomic E-state index is 5.48. The molecule has 68 valence electrons. The molecule has 0 aliphatic carbocycles. The molecule has 0 unspecified atom stereocenters. The molecule has 0 saturated carbocycles. The molecule has 0 bridgehead atoms. The highest BCUT2D eigenvalue weighted by Gasteiger charge is 1.97. The van der Waals surface area contributed by atoms with Crippen LogP contribution in [-0.4, -0.2) is 27.8 Å². The van der Waals surface area contributed by atoms with Gasteiger partial charge in [0.25, 0.3) is 0 Å². The largest absolute Gasteiger partial charge is 0.366 e. The molecule has 0 fully saturated rings. The first-order valence-electron chi connectivity index (χ1n) is 3.93. The first-order valence-corrected chi connectivity index (χ1v) is 5.22. The zero-order valence-electron chi connectivity index (χ0n) is 7.43. The van der Waals surface area contributed by atoms with Crippen LogP contribution in [-0.2, 0) is 11.3 Å². The van der Waals surface area contributed by atoms with E-state index in [0.29, 0.717) is 0 Å². The summed E-state index contributed by atoms with van der Waals surface area (Å²) in [4.78, 5) is 3.94. The summed E-state index contributed by atoms with van der Waals surface area (Å²) in [5, 5.41) is 0. The summed E-state index contributed by atoms with van der Waals surface area (Å²) in [6.07, 6.45) is 7.56. The maximum absolute atomic E-state index is 5.48. The summed E-state index contributed by atoms with van der Waals surface area (Å²) in [5.74, 6) is 0. The molecule has 0 spiro atoms. The van der Waals surface area contributed by atoms with Gasteiger partial charge in [-0.1, -0.05) is 0 Å². The van der Waals surface area contributed by atoms with Gasteiger partial charge in [-0.25, -0.2) is 4.98 Å². The molecule has 12 heavy (non-hydrogen) atoms. The summed E-state index contributed by atoms with van der Waals surface area (Å²) >= 11 is 1.71. The van der Waals surface area contributed by atoms with Gasteiger partial charge in [0.2, 0.25) is 0 Å². The van der Waals surface area contributed by atoms with Crippen LogP contribution in [0, 0.1) is 0 Å². The molecule has 0 amide bonds. The van der Waals surface area contributed by atoms with E-state index in [9.17, 15) is 0 Å². The first-order chi connectivity index (χ1) is 5.83. The van der Waals surface area contributed by atoms with Crippen molar-refractivity contribution < 1.29 is 4.74 Å². The van der Waals surface area contributed by atoms with Crippen LogP contribution in [0.3, 0.4) is 0 Å². The van der Waals surface area contributed by atoms with E-state index < -0.39 is 0 Å². The third kappa shape index (κ3) is 3.28. The fourth-order valence-electron chi connectivity index (χ4n) is 0.811. The molecule has 0 saturated heterocycles. The smallest absolute Gasteiger partial charge is 0.0997 e. The summed E-state index contributed by atoms with van der Waals surface area (Å²) in [7, 11) is 0. The zero-order valence-corrected chi connectivity index (χ0v) is 8.25. The molecule has 0 aliphatic rings. The zero-order chi connectivity index (χ0) is 8.81. The maximum Gasteiger partial charge on any atom is 0.0997 e. The average Bonchev–Trinajstić information content (AvgIpc) is 2.57. The fraction of sp³-hybridized carbons (Fsp3) is 0.625. The average molecular weight is 186 g/mol. The minimum absolute atomic E-state index is 0.286. The van der Waals surface area contributed by atoms with Gasteiger partial charge in [0.05, 0.1) is 18.4 Å². The number of hydrogen-bond donors (Lipinski definition) is 0. The van der Waals surface area contributed by atoms with Gasteiger partial charge in [-0.3, -0.25) is 0 Å². The monoisotopic (exact) mass is 186 g/mol. The fourth-order valence-corrected chi connectivity index (χ4v) is 1.04. The van der Waals surface area contributed by atoms with E-state index in [0.717, 1.165) is 13.2 Å². The Morgan fingerprint density at radius 1 is 1.67 bits per heavy atom. The van der Waals surface area contributed by atoms with Crippen LogP contribution in [0.25, 0.3) is 0 Å². The van der Waals surface area contributed by atoms with Crippen LogP contribution in [0.5, 0.6) is 0 Å². The number of rotatable bonds is 5. The Bertz CT molecular complexity index is 201. The molecule has 0 N–H and O–H groups in total. The van der Waals surface area contributed by atoms with Crippen LogP contribution < -0.4 is 0 Å². The van der Waals surface area contributed by atoms with Gasteiger partial charge >= 0.3 is 0 Å². The molecule has 4 heteroatoms. The number of nitrogens with zero attached hydrogens (tertiary/aromatic N) is 2. The van der Waals surface area contributed by atoms with Crippen LogP contribution >= 0.6 is 11.8 Å². The van der Waals surface area contributed by atoms with Gasteiger partial charge in [0.15, 0.2) is 0 Å². The normalized spacial score (nSPS) is 13.2. The summed E-state index contributed by atoms with van der Waals surface area (Å²) in [5.41, 5.74) is 0.286. The summed E-state index contributed by atoms with van der Waals surface area (Å²) in [6.45, 7) is 3.68. The van der Waals surface area contributed by atoms with E-state index in [1.807, 2.05) is 17.0 Å². The van der Waals surface area contributed by atoms with Crippen LogP contribution in [0.2, 0.25) is 0 Å². The Kier molecular flexibility index (Phi) is 4.18. The van der Waals surface area contributed by atoms with Crippen molar-refractivity contribution in [2.75, 3.05) is 12.9 Å². The van der Waals surface area contributed by atoms with E-state index in [2.05, 4.69) is 11.9 Å². The molecule has 0 radical (unpaired) electrons. The van der Waals surface area contributed by atoms with E-state index >= 15 is 0 Å². The quantitative estimate of drug-likeness (QED) is 0.654. The SMILES string of the molecule is CS[C@@H](C)OCCn1ccnc1. The van der Waals surface area contributed by atoms with Crippen molar-refractivity contribution in [1.29, 1.82) is 0 Å². The third-order valence-corrected chi connectivity index (χ3v) is 2.39. The Balaban J connectivity index is 2.11. The molecule has 1 heterocycles. The molecule has 1 aromatic heterocycles. The second kappa shape index (κ2) is 5.22. The highest BCUT2D eigenvalue weighted by atomic mass is 32.2. The van der Waals surface area contributed by atoms with Gasteiger partial charge in [0.1, 0.15) is 0 Å². The second-order valence-corrected chi connectivity index (χ2v) is 3.61. The summed E-state index contributed by atoms with van der Waals surface area (Å²) < 4.78 is 7.49. The molecular weight excluding hydrogens is 172 g/mol. The number of aromatic nitrogens is 2. The standard InChI is InChI=1S/C8H14N2OS/c1-8(12-2)11-6-5-10-4-3-9-7-10/h3-4,7-8H,5-6H2,1-2H3/t8-/m0/s1. The van der Waals surface area contributed by atoms with Crippen LogP contribution in [0.15, 0.2) is 18.7 Å². The predicted octanol–water partition coefficient (Wildman–Crippen LogP) is 1.61. The van der Waals surface area contributed by atoms with Gasteiger partial charge in [0, 0.05) is 18.9 Å². The van der Waals surface area contributed by atoms with Crippen molar-refractivity contribution in [3.63, 3.8) is 0 Å². The minimum Gasteiger partial charge on any atom is -0.366 e. The van der Waals surface area contributed by atoms with Crippen molar-refractivity contribution in [2.45, 2.75) is 18.9 Å². The lowest BCUT2D eigenvalue weighted by Crippen LogP contribution is -2.09. The Hall–Kier alpha value is -0.480. The third-order valence-electron chi connectivity index (χ3n) is 1.59. The lowest BCUT2D eigenvalue weighted by atomic mass is 10.6. The molecular formula is C8H14N2OS. The lowest BCUT2D eigenvalue weighted by Gasteiger charge is -2.09.